The summed E-state index contributed by atoms with van der Waals surface area (Å²) in [6.45, 7) is 6.60. The highest BCUT2D eigenvalue weighted by molar-refractivity contribution is 5.05. The molecule has 1 saturated heterocycles. The molecule has 74 valence electrons. The van der Waals surface area contributed by atoms with Crippen LogP contribution in [0.1, 0.15) is 26.2 Å². The van der Waals surface area contributed by atoms with Gasteiger partial charge in [-0.3, -0.25) is 4.90 Å². The number of nitrogens with zero attached hydrogens (tertiary/aromatic N) is 1. The first-order valence-corrected chi connectivity index (χ1v) is 5.33. The molecule has 0 radical (unpaired) electrons. The Labute approximate surface area is 80.6 Å². The summed E-state index contributed by atoms with van der Waals surface area (Å²) in [4.78, 5) is 2.62. The highest BCUT2D eigenvalue weighted by Crippen LogP contribution is 2.19. The number of hydrogen-bond acceptors (Lipinski definition) is 2. The largest absolute Gasteiger partial charge is 0.381 e. The lowest BCUT2D eigenvalue weighted by Gasteiger charge is -2.36. The second-order valence-electron chi connectivity index (χ2n) is 4.15. The Balaban J connectivity index is 1.89. The highest BCUT2D eigenvalue weighted by atomic mass is 16.5. The van der Waals surface area contributed by atoms with E-state index in [-0.39, 0.29) is 0 Å². The zero-order chi connectivity index (χ0) is 9.10. The van der Waals surface area contributed by atoms with Crippen LogP contribution in [0.3, 0.4) is 0 Å². The lowest BCUT2D eigenvalue weighted by molar-refractivity contribution is 0.0363. The van der Waals surface area contributed by atoms with Crippen LogP contribution >= 0.6 is 0 Å². The molecule has 0 aromatic rings. The van der Waals surface area contributed by atoms with Crippen molar-refractivity contribution in [2.24, 2.45) is 0 Å². The van der Waals surface area contributed by atoms with E-state index in [9.17, 15) is 0 Å². The Bertz CT molecular complexity index is 194. The molecule has 0 unspecified atom stereocenters. The molecule has 1 fully saturated rings. The van der Waals surface area contributed by atoms with E-state index in [1.165, 1.54) is 37.9 Å². The van der Waals surface area contributed by atoms with Crippen molar-refractivity contribution < 1.29 is 4.74 Å². The van der Waals surface area contributed by atoms with E-state index in [0.29, 0.717) is 0 Å². The van der Waals surface area contributed by atoms with Gasteiger partial charge in [-0.25, -0.2) is 0 Å². The predicted molar refractivity (Wildman–Crippen MR) is 53.8 cm³/mol. The van der Waals surface area contributed by atoms with Crippen LogP contribution in [0, 0.1) is 0 Å². The molecule has 13 heavy (non-hydrogen) atoms. The smallest absolute Gasteiger partial charge is 0.0480 e. The van der Waals surface area contributed by atoms with Gasteiger partial charge in [0.05, 0.1) is 0 Å². The normalized spacial score (nSPS) is 27.3. The zero-order valence-electron chi connectivity index (χ0n) is 8.46. The molecule has 0 aromatic carbocycles. The second kappa shape index (κ2) is 4.25. The molecule has 2 rings (SSSR count). The van der Waals surface area contributed by atoms with Gasteiger partial charge in [-0.1, -0.05) is 11.6 Å². The highest BCUT2D eigenvalue weighted by Gasteiger charge is 2.22. The zero-order valence-corrected chi connectivity index (χ0v) is 8.46. The van der Waals surface area contributed by atoms with Gasteiger partial charge in [-0.05, 0) is 26.2 Å². The van der Waals surface area contributed by atoms with Crippen molar-refractivity contribution in [1.82, 2.24) is 4.90 Å². The molecule has 0 amide bonds. The Morgan fingerprint density at radius 1 is 1.38 bits per heavy atom. The fourth-order valence-electron chi connectivity index (χ4n) is 2.30. The summed E-state index contributed by atoms with van der Waals surface area (Å²) in [5, 5.41) is 0. The first-order chi connectivity index (χ1) is 6.36. The molecule has 0 N–H and O–H groups in total. The average Bonchev–Trinajstić information content (AvgIpc) is 2.19. The van der Waals surface area contributed by atoms with Crippen LogP contribution in [-0.2, 0) is 4.74 Å². The van der Waals surface area contributed by atoms with Gasteiger partial charge in [0.25, 0.3) is 0 Å². The van der Waals surface area contributed by atoms with Gasteiger partial charge in [-0.15, -0.1) is 0 Å². The maximum atomic E-state index is 5.38. The molecule has 2 aliphatic heterocycles. The summed E-state index contributed by atoms with van der Waals surface area (Å²) in [6.07, 6.45) is 6.07. The molecule has 0 saturated carbocycles. The average molecular weight is 181 g/mol. The van der Waals surface area contributed by atoms with E-state index in [4.69, 9.17) is 4.74 Å². The van der Waals surface area contributed by atoms with E-state index in [1.807, 2.05) is 0 Å². The fraction of sp³-hybridized carbons (Fsp3) is 0.818. The lowest BCUT2D eigenvalue weighted by atomic mass is 10.0. The van der Waals surface area contributed by atoms with Gasteiger partial charge in [0.15, 0.2) is 0 Å². The van der Waals surface area contributed by atoms with Crippen LogP contribution in [0.25, 0.3) is 0 Å². The molecule has 0 bridgehead atoms. The van der Waals surface area contributed by atoms with E-state index in [0.717, 1.165) is 19.3 Å². The fourth-order valence-corrected chi connectivity index (χ4v) is 2.30. The Hall–Kier alpha value is -0.340. The van der Waals surface area contributed by atoms with Crippen LogP contribution in [-0.4, -0.2) is 37.2 Å². The maximum absolute atomic E-state index is 5.38. The number of ether oxygens (including phenoxy) is 1. The molecule has 2 heterocycles. The summed E-state index contributed by atoms with van der Waals surface area (Å²) in [5.41, 5.74) is 1.54. The Morgan fingerprint density at radius 3 is 2.85 bits per heavy atom. The summed E-state index contributed by atoms with van der Waals surface area (Å²) in [7, 11) is 0. The minimum absolute atomic E-state index is 0.789. The van der Waals surface area contributed by atoms with Crippen LogP contribution < -0.4 is 0 Å². The SMILES string of the molecule is CC1=CCCN(C2CCOCC2)C1. The molecule has 0 spiro atoms. The monoisotopic (exact) mass is 181 g/mol. The summed E-state index contributed by atoms with van der Waals surface area (Å²) >= 11 is 0. The second-order valence-corrected chi connectivity index (χ2v) is 4.15. The van der Waals surface area contributed by atoms with Gasteiger partial charge < -0.3 is 4.74 Å². The third-order valence-electron chi connectivity index (χ3n) is 3.07. The molecule has 2 aliphatic rings. The topological polar surface area (TPSA) is 12.5 Å². The van der Waals surface area contributed by atoms with Crippen LogP contribution in [0.2, 0.25) is 0 Å². The van der Waals surface area contributed by atoms with Crippen molar-refractivity contribution >= 4 is 0 Å². The van der Waals surface area contributed by atoms with Gasteiger partial charge in [0, 0.05) is 32.3 Å². The van der Waals surface area contributed by atoms with E-state index in [2.05, 4.69) is 17.9 Å². The summed E-state index contributed by atoms with van der Waals surface area (Å²) < 4.78 is 5.38. The van der Waals surface area contributed by atoms with Gasteiger partial charge in [0.2, 0.25) is 0 Å². The van der Waals surface area contributed by atoms with Crippen molar-refractivity contribution in [3.63, 3.8) is 0 Å². The van der Waals surface area contributed by atoms with Crippen molar-refractivity contribution in [3.8, 4) is 0 Å². The standard InChI is InChI=1S/C11H19NO/c1-10-3-2-6-12(9-10)11-4-7-13-8-5-11/h3,11H,2,4-9H2,1H3. The van der Waals surface area contributed by atoms with Gasteiger partial charge in [0.1, 0.15) is 0 Å². The third kappa shape index (κ3) is 2.32. The maximum Gasteiger partial charge on any atom is 0.0480 e. The molecule has 0 aromatic heterocycles. The molecule has 0 atom stereocenters. The van der Waals surface area contributed by atoms with E-state index < -0.39 is 0 Å². The minimum atomic E-state index is 0.789. The summed E-state index contributed by atoms with van der Waals surface area (Å²) in [5.74, 6) is 0. The molecule has 2 heteroatoms. The number of rotatable bonds is 1. The van der Waals surface area contributed by atoms with Crippen molar-refractivity contribution in [1.29, 1.82) is 0 Å². The first-order valence-electron chi connectivity index (χ1n) is 5.33. The minimum Gasteiger partial charge on any atom is -0.381 e. The van der Waals surface area contributed by atoms with Crippen LogP contribution in [0.15, 0.2) is 11.6 Å². The Morgan fingerprint density at radius 2 is 2.15 bits per heavy atom. The van der Waals surface area contributed by atoms with Crippen molar-refractivity contribution in [2.75, 3.05) is 26.3 Å². The van der Waals surface area contributed by atoms with E-state index in [1.54, 1.807) is 0 Å². The lowest BCUT2D eigenvalue weighted by Crippen LogP contribution is -2.42. The van der Waals surface area contributed by atoms with Gasteiger partial charge in [-0.2, -0.15) is 0 Å². The number of hydrogen-bond donors (Lipinski definition) is 0. The third-order valence-corrected chi connectivity index (χ3v) is 3.07. The predicted octanol–water partition coefficient (Wildman–Crippen LogP) is 1.82. The summed E-state index contributed by atoms with van der Waals surface area (Å²) in [6, 6.07) is 0.789. The van der Waals surface area contributed by atoms with Gasteiger partial charge >= 0.3 is 0 Å². The molecular formula is C11H19NO. The van der Waals surface area contributed by atoms with Crippen molar-refractivity contribution in [3.05, 3.63) is 11.6 Å². The molecule has 0 aliphatic carbocycles. The van der Waals surface area contributed by atoms with Crippen LogP contribution in [0.5, 0.6) is 0 Å². The van der Waals surface area contributed by atoms with Crippen LogP contribution in [0.4, 0.5) is 0 Å². The Kier molecular flexibility index (Phi) is 3.01. The van der Waals surface area contributed by atoms with Crippen molar-refractivity contribution in [2.45, 2.75) is 32.2 Å². The molecular weight excluding hydrogens is 162 g/mol. The quantitative estimate of drug-likeness (QED) is 0.572. The molecule has 2 nitrogen and oxygen atoms in total. The van der Waals surface area contributed by atoms with E-state index >= 15 is 0 Å². The first kappa shape index (κ1) is 9.22.